The van der Waals surface area contributed by atoms with Gasteiger partial charge >= 0.3 is 5.97 Å². The van der Waals surface area contributed by atoms with Crippen LogP contribution in [-0.2, 0) is 4.74 Å². The molecule has 0 unspecified atom stereocenters. The molecule has 3 heterocycles. The van der Waals surface area contributed by atoms with Crippen LogP contribution < -0.4 is 0 Å². The fourth-order valence-corrected chi connectivity index (χ4v) is 2.54. The molecule has 1 aliphatic rings. The first kappa shape index (κ1) is 12.9. The van der Waals surface area contributed by atoms with E-state index in [0.717, 1.165) is 13.1 Å². The summed E-state index contributed by atoms with van der Waals surface area (Å²) < 4.78 is 10.2. The third kappa shape index (κ3) is 1.92. The van der Waals surface area contributed by atoms with E-state index in [9.17, 15) is 9.59 Å². The van der Waals surface area contributed by atoms with Gasteiger partial charge in [-0.05, 0) is 19.2 Å². The SMILES string of the molecule is COC(=O)c1c(C(=O)N2CCN(C)CC2)c2ccc1o2. The monoisotopic (exact) mass is 276 g/mol. The molecule has 1 aliphatic heterocycles. The fourth-order valence-electron chi connectivity index (χ4n) is 2.54. The maximum atomic E-state index is 12.6. The van der Waals surface area contributed by atoms with Crippen LogP contribution in [0.5, 0.6) is 0 Å². The molecule has 0 saturated carbocycles. The minimum atomic E-state index is -0.531. The van der Waals surface area contributed by atoms with Gasteiger partial charge in [0.1, 0.15) is 22.3 Å². The molecule has 6 heteroatoms. The van der Waals surface area contributed by atoms with Crippen molar-refractivity contribution in [3.8, 4) is 0 Å². The Morgan fingerprint density at radius 3 is 2.30 bits per heavy atom. The Hall–Kier alpha value is -2.08. The number of esters is 1. The predicted molar refractivity (Wildman–Crippen MR) is 72.1 cm³/mol. The van der Waals surface area contributed by atoms with Crippen molar-refractivity contribution >= 4 is 23.0 Å². The number of methoxy groups -OCH3 is 1. The number of amides is 1. The second-order valence-electron chi connectivity index (χ2n) is 5.00. The number of furan rings is 2. The summed E-state index contributed by atoms with van der Waals surface area (Å²) in [7, 11) is 3.32. The number of hydrogen-bond acceptors (Lipinski definition) is 5. The highest BCUT2D eigenvalue weighted by Crippen LogP contribution is 2.30. The van der Waals surface area contributed by atoms with Crippen LogP contribution in [0.15, 0.2) is 16.5 Å². The Morgan fingerprint density at radius 1 is 1.10 bits per heavy atom. The van der Waals surface area contributed by atoms with Crippen LogP contribution in [0.4, 0.5) is 0 Å². The Kier molecular flexibility index (Phi) is 3.10. The molecule has 2 bridgehead atoms. The second kappa shape index (κ2) is 4.79. The lowest BCUT2D eigenvalue weighted by atomic mass is 10.1. The fraction of sp³-hybridized carbons (Fsp3) is 0.429. The Balaban J connectivity index is 1.94. The molecule has 1 amide bonds. The first-order valence-corrected chi connectivity index (χ1v) is 6.53. The third-order valence-corrected chi connectivity index (χ3v) is 3.74. The van der Waals surface area contributed by atoms with E-state index in [-0.39, 0.29) is 11.5 Å². The molecule has 0 spiro atoms. The van der Waals surface area contributed by atoms with Crippen molar-refractivity contribution in [1.29, 1.82) is 0 Å². The van der Waals surface area contributed by atoms with Crippen LogP contribution in [0.3, 0.4) is 0 Å². The molecule has 1 fully saturated rings. The quantitative estimate of drug-likeness (QED) is 0.767. The summed E-state index contributed by atoms with van der Waals surface area (Å²) in [4.78, 5) is 28.4. The molecule has 20 heavy (non-hydrogen) atoms. The highest BCUT2D eigenvalue weighted by Gasteiger charge is 2.31. The minimum absolute atomic E-state index is 0.159. The van der Waals surface area contributed by atoms with Gasteiger partial charge < -0.3 is 19.0 Å². The Labute approximate surface area is 116 Å². The topological polar surface area (TPSA) is 63.0 Å². The number of benzene rings is 1. The number of ether oxygens (including phenoxy) is 1. The molecule has 2 aromatic heterocycles. The number of carbonyl (C=O) groups excluding carboxylic acids is 2. The normalized spacial score (nSPS) is 16.8. The summed E-state index contributed by atoms with van der Waals surface area (Å²) in [5.74, 6) is -0.690. The standard InChI is InChI=1S/C14H16N2O4/c1-15-5-7-16(8-6-15)13(17)11-9-3-4-10(20-9)12(11)14(18)19-2/h3-4H,5-8H2,1-2H3. The molecule has 3 rings (SSSR count). The number of hydrogen-bond donors (Lipinski definition) is 0. The summed E-state index contributed by atoms with van der Waals surface area (Å²) in [6.07, 6.45) is 0. The van der Waals surface area contributed by atoms with E-state index in [4.69, 9.17) is 9.15 Å². The molecular weight excluding hydrogens is 260 g/mol. The average molecular weight is 276 g/mol. The molecule has 0 N–H and O–H groups in total. The smallest absolute Gasteiger partial charge is 0.342 e. The van der Waals surface area contributed by atoms with Crippen molar-refractivity contribution in [3.63, 3.8) is 0 Å². The Bertz CT molecular complexity index is 640. The number of rotatable bonds is 2. The van der Waals surface area contributed by atoms with E-state index in [1.807, 2.05) is 7.05 Å². The molecular formula is C14H16N2O4. The Morgan fingerprint density at radius 2 is 1.70 bits per heavy atom. The number of nitrogens with zero attached hydrogens (tertiary/aromatic N) is 2. The molecule has 2 aromatic rings. The summed E-state index contributed by atoms with van der Waals surface area (Å²) in [6.45, 7) is 2.96. The lowest BCUT2D eigenvalue weighted by molar-refractivity contribution is 0.0583. The molecule has 0 atom stereocenters. The second-order valence-corrected chi connectivity index (χ2v) is 5.00. The maximum absolute atomic E-state index is 12.6. The lowest BCUT2D eigenvalue weighted by Crippen LogP contribution is -2.47. The summed E-state index contributed by atoms with van der Waals surface area (Å²) in [5.41, 5.74) is 1.43. The van der Waals surface area contributed by atoms with Crippen molar-refractivity contribution in [2.24, 2.45) is 0 Å². The first-order valence-electron chi connectivity index (χ1n) is 6.53. The largest absolute Gasteiger partial charge is 0.465 e. The maximum Gasteiger partial charge on any atom is 0.342 e. The van der Waals surface area contributed by atoms with Gasteiger partial charge in [-0.3, -0.25) is 4.79 Å². The van der Waals surface area contributed by atoms with Crippen LogP contribution in [0.2, 0.25) is 0 Å². The lowest BCUT2D eigenvalue weighted by Gasteiger charge is -2.32. The van der Waals surface area contributed by atoms with Gasteiger partial charge in [0.15, 0.2) is 0 Å². The van der Waals surface area contributed by atoms with Gasteiger partial charge in [0.05, 0.1) is 7.11 Å². The van der Waals surface area contributed by atoms with Crippen molar-refractivity contribution < 1.29 is 18.7 Å². The molecule has 106 valence electrons. The van der Waals surface area contributed by atoms with Gasteiger partial charge in [-0.1, -0.05) is 0 Å². The molecule has 0 aromatic carbocycles. The van der Waals surface area contributed by atoms with Crippen molar-refractivity contribution in [2.45, 2.75) is 0 Å². The van der Waals surface area contributed by atoms with E-state index in [1.54, 1.807) is 17.0 Å². The summed E-state index contributed by atoms with van der Waals surface area (Å²) in [5, 5.41) is 0. The van der Waals surface area contributed by atoms with Gasteiger partial charge in [-0.15, -0.1) is 0 Å². The van der Waals surface area contributed by atoms with Crippen molar-refractivity contribution in [3.05, 3.63) is 23.3 Å². The van der Waals surface area contributed by atoms with Crippen LogP contribution >= 0.6 is 0 Å². The molecule has 0 radical (unpaired) electrons. The van der Waals surface area contributed by atoms with Gasteiger partial charge in [0.25, 0.3) is 5.91 Å². The first-order chi connectivity index (χ1) is 9.61. The van der Waals surface area contributed by atoms with Crippen molar-refractivity contribution in [2.75, 3.05) is 40.3 Å². The third-order valence-electron chi connectivity index (χ3n) is 3.74. The summed E-state index contributed by atoms with van der Waals surface area (Å²) >= 11 is 0. The van der Waals surface area contributed by atoms with Gasteiger partial charge in [0, 0.05) is 26.2 Å². The zero-order valence-corrected chi connectivity index (χ0v) is 11.5. The number of carbonyl (C=O) groups is 2. The van der Waals surface area contributed by atoms with Crippen LogP contribution in [0, 0.1) is 0 Å². The van der Waals surface area contributed by atoms with Gasteiger partial charge in [-0.25, -0.2) is 4.79 Å². The molecule has 1 saturated heterocycles. The number of fused-ring (bicyclic) bond motifs is 2. The van der Waals surface area contributed by atoms with Crippen LogP contribution in [0.1, 0.15) is 20.7 Å². The van der Waals surface area contributed by atoms with Crippen molar-refractivity contribution in [1.82, 2.24) is 9.80 Å². The zero-order valence-electron chi connectivity index (χ0n) is 11.5. The number of piperazine rings is 1. The molecule has 0 aliphatic carbocycles. The minimum Gasteiger partial charge on any atom is -0.465 e. The van der Waals surface area contributed by atoms with Crippen LogP contribution in [0.25, 0.3) is 11.2 Å². The average Bonchev–Trinajstić information content (AvgIpc) is 3.07. The zero-order chi connectivity index (χ0) is 14.3. The molecule has 6 nitrogen and oxygen atoms in total. The predicted octanol–water partition coefficient (Wildman–Crippen LogP) is 1.04. The van der Waals surface area contributed by atoms with Gasteiger partial charge in [-0.2, -0.15) is 0 Å². The van der Waals surface area contributed by atoms with E-state index in [0.29, 0.717) is 29.8 Å². The van der Waals surface area contributed by atoms with Gasteiger partial charge in [0.2, 0.25) is 0 Å². The van der Waals surface area contributed by atoms with Crippen LogP contribution in [-0.4, -0.2) is 62.0 Å². The highest BCUT2D eigenvalue weighted by atomic mass is 16.5. The van der Waals surface area contributed by atoms with E-state index in [1.165, 1.54) is 7.11 Å². The van der Waals surface area contributed by atoms with E-state index in [2.05, 4.69) is 4.90 Å². The van der Waals surface area contributed by atoms with E-state index >= 15 is 0 Å². The summed E-state index contributed by atoms with van der Waals surface area (Å²) in [6, 6.07) is 3.40. The highest BCUT2D eigenvalue weighted by molar-refractivity contribution is 6.14. The van der Waals surface area contributed by atoms with E-state index < -0.39 is 5.97 Å². The number of likely N-dealkylation sites (N-methyl/N-ethyl adjacent to an activating group) is 1.